The van der Waals surface area contributed by atoms with Crippen molar-refractivity contribution in [1.82, 2.24) is 0 Å². The second-order valence-corrected chi connectivity index (χ2v) is 11.1. The molecule has 0 radical (unpaired) electrons. The summed E-state index contributed by atoms with van der Waals surface area (Å²) in [5.74, 6) is 0. The molecular formula is C23H28Br2. The Morgan fingerprint density at radius 2 is 1.00 bits per heavy atom. The minimum atomic E-state index is 0.167. The lowest BCUT2D eigenvalue weighted by atomic mass is 9.83. The number of rotatable bonds is 0. The molecule has 0 aromatic heterocycles. The van der Waals surface area contributed by atoms with Gasteiger partial charge in [-0.1, -0.05) is 85.5 Å². The summed E-state index contributed by atoms with van der Waals surface area (Å²) in [6.45, 7) is 13.8. The SMILES string of the molecule is CC(C)(C)c1cc(Br)c2c(c1)Cc1cc(C(C)(C)C)cc(Br)c1CC2. The monoisotopic (exact) mass is 462 g/mol. The highest BCUT2D eigenvalue weighted by molar-refractivity contribution is 9.10. The van der Waals surface area contributed by atoms with Crippen LogP contribution in [0, 0.1) is 0 Å². The highest BCUT2D eigenvalue weighted by Gasteiger charge is 2.24. The Bertz CT molecular complexity index is 748. The minimum absolute atomic E-state index is 0.167. The molecule has 0 nitrogen and oxygen atoms in total. The summed E-state index contributed by atoms with van der Waals surface area (Å²) in [5.41, 5.74) is 9.08. The van der Waals surface area contributed by atoms with Crippen LogP contribution in [0.1, 0.15) is 74.9 Å². The van der Waals surface area contributed by atoms with Crippen LogP contribution in [0.15, 0.2) is 33.2 Å². The van der Waals surface area contributed by atoms with E-state index in [4.69, 9.17) is 0 Å². The average molecular weight is 464 g/mol. The molecule has 0 fully saturated rings. The number of halogens is 2. The molecule has 25 heavy (non-hydrogen) atoms. The van der Waals surface area contributed by atoms with Gasteiger partial charge >= 0.3 is 0 Å². The van der Waals surface area contributed by atoms with E-state index in [1.54, 1.807) is 0 Å². The third-order valence-corrected chi connectivity index (χ3v) is 6.73. The van der Waals surface area contributed by atoms with Crippen molar-refractivity contribution < 1.29 is 0 Å². The van der Waals surface area contributed by atoms with Crippen molar-refractivity contribution in [3.63, 3.8) is 0 Å². The molecular weight excluding hydrogens is 436 g/mol. The Hall–Kier alpha value is -0.600. The summed E-state index contributed by atoms with van der Waals surface area (Å²) in [6, 6.07) is 9.52. The molecule has 0 spiro atoms. The van der Waals surface area contributed by atoms with Gasteiger partial charge in [-0.25, -0.2) is 0 Å². The van der Waals surface area contributed by atoms with Gasteiger partial charge in [-0.05, 0) is 75.6 Å². The summed E-state index contributed by atoms with van der Waals surface area (Å²) in [4.78, 5) is 0. The molecule has 2 aromatic rings. The third kappa shape index (κ3) is 3.90. The first-order chi connectivity index (χ1) is 11.5. The topological polar surface area (TPSA) is 0 Å². The summed E-state index contributed by atoms with van der Waals surface area (Å²) >= 11 is 7.72. The van der Waals surface area contributed by atoms with E-state index in [9.17, 15) is 0 Å². The predicted octanol–water partition coefficient (Wildman–Crippen LogP) is 7.50. The van der Waals surface area contributed by atoms with E-state index < -0.39 is 0 Å². The lowest BCUT2D eigenvalue weighted by Gasteiger charge is -2.23. The zero-order chi connectivity index (χ0) is 18.6. The minimum Gasteiger partial charge on any atom is -0.0561 e. The normalized spacial score (nSPS) is 14.7. The van der Waals surface area contributed by atoms with Gasteiger partial charge in [0.25, 0.3) is 0 Å². The summed E-state index contributed by atoms with van der Waals surface area (Å²) in [7, 11) is 0. The lowest BCUT2D eigenvalue weighted by Crippen LogP contribution is -2.13. The molecule has 2 heteroatoms. The maximum Gasteiger partial charge on any atom is 0.0213 e. The van der Waals surface area contributed by atoms with Gasteiger partial charge in [0.1, 0.15) is 0 Å². The van der Waals surface area contributed by atoms with Gasteiger partial charge in [0.2, 0.25) is 0 Å². The van der Waals surface area contributed by atoms with Crippen molar-refractivity contribution in [2.45, 2.75) is 71.6 Å². The second-order valence-electron chi connectivity index (χ2n) is 9.37. The molecule has 0 unspecified atom stereocenters. The Morgan fingerprint density at radius 1 is 0.640 bits per heavy atom. The Kier molecular flexibility index (Phi) is 5.01. The highest BCUT2D eigenvalue weighted by atomic mass is 79.9. The number of fused-ring (bicyclic) bond motifs is 2. The number of hydrogen-bond donors (Lipinski definition) is 0. The fraction of sp³-hybridized carbons (Fsp3) is 0.478. The Morgan fingerprint density at radius 3 is 1.32 bits per heavy atom. The van der Waals surface area contributed by atoms with Crippen LogP contribution >= 0.6 is 31.9 Å². The van der Waals surface area contributed by atoms with Crippen LogP contribution in [-0.2, 0) is 30.1 Å². The van der Waals surface area contributed by atoms with Crippen molar-refractivity contribution in [3.8, 4) is 0 Å². The van der Waals surface area contributed by atoms with Gasteiger partial charge in [0, 0.05) is 8.95 Å². The van der Waals surface area contributed by atoms with Gasteiger partial charge in [-0.2, -0.15) is 0 Å². The van der Waals surface area contributed by atoms with E-state index in [0.29, 0.717) is 0 Å². The first kappa shape index (κ1) is 19.2. The summed E-state index contributed by atoms with van der Waals surface area (Å²) in [6.07, 6.45) is 3.22. The molecule has 0 heterocycles. The van der Waals surface area contributed by atoms with E-state index in [-0.39, 0.29) is 10.8 Å². The molecule has 3 rings (SSSR count). The summed E-state index contributed by atoms with van der Waals surface area (Å²) < 4.78 is 2.55. The first-order valence-corrected chi connectivity index (χ1v) is 10.7. The quantitative estimate of drug-likeness (QED) is 0.379. The zero-order valence-electron chi connectivity index (χ0n) is 16.2. The van der Waals surface area contributed by atoms with Crippen LogP contribution in [0.25, 0.3) is 0 Å². The standard InChI is InChI=1S/C23H28Br2/c1-22(2,3)16-10-14-9-15-11-17(23(4,5)6)13-21(25)19(15)8-7-18(14)20(24)12-16/h10-13H,7-9H2,1-6H3. The van der Waals surface area contributed by atoms with Crippen LogP contribution in [0.3, 0.4) is 0 Å². The van der Waals surface area contributed by atoms with Crippen LogP contribution in [-0.4, -0.2) is 0 Å². The number of hydrogen-bond acceptors (Lipinski definition) is 0. The lowest BCUT2D eigenvalue weighted by molar-refractivity contribution is 0.588. The van der Waals surface area contributed by atoms with Gasteiger partial charge in [-0.3, -0.25) is 0 Å². The molecule has 0 aliphatic heterocycles. The number of benzene rings is 2. The maximum absolute atomic E-state index is 3.86. The maximum atomic E-state index is 3.86. The molecule has 2 aromatic carbocycles. The largest absolute Gasteiger partial charge is 0.0561 e. The Labute approximate surface area is 169 Å². The highest BCUT2D eigenvalue weighted by Crippen LogP contribution is 2.38. The van der Waals surface area contributed by atoms with Crippen molar-refractivity contribution >= 4 is 31.9 Å². The van der Waals surface area contributed by atoms with Gasteiger partial charge < -0.3 is 0 Å². The Balaban J connectivity index is 2.15. The smallest absolute Gasteiger partial charge is 0.0213 e. The van der Waals surface area contributed by atoms with E-state index >= 15 is 0 Å². The van der Waals surface area contributed by atoms with Crippen LogP contribution in [0.2, 0.25) is 0 Å². The molecule has 0 saturated carbocycles. The second kappa shape index (κ2) is 6.53. The average Bonchev–Trinajstić information content (AvgIpc) is 2.64. The van der Waals surface area contributed by atoms with Crippen molar-refractivity contribution in [2.75, 3.05) is 0 Å². The third-order valence-electron chi connectivity index (χ3n) is 5.31. The molecule has 0 atom stereocenters. The van der Waals surface area contributed by atoms with Crippen molar-refractivity contribution in [2.24, 2.45) is 0 Å². The summed E-state index contributed by atoms with van der Waals surface area (Å²) in [5, 5.41) is 0. The molecule has 1 aliphatic carbocycles. The van der Waals surface area contributed by atoms with Gasteiger partial charge in [0.15, 0.2) is 0 Å². The van der Waals surface area contributed by atoms with E-state index in [1.807, 2.05) is 0 Å². The molecule has 0 saturated heterocycles. The van der Waals surface area contributed by atoms with Crippen molar-refractivity contribution in [1.29, 1.82) is 0 Å². The van der Waals surface area contributed by atoms with Crippen LogP contribution < -0.4 is 0 Å². The van der Waals surface area contributed by atoms with Crippen LogP contribution in [0.4, 0.5) is 0 Å². The van der Waals surface area contributed by atoms with Crippen molar-refractivity contribution in [3.05, 3.63) is 66.6 Å². The molecule has 0 bridgehead atoms. The van der Waals surface area contributed by atoms with E-state index in [2.05, 4.69) is 97.7 Å². The fourth-order valence-electron chi connectivity index (χ4n) is 3.58. The van der Waals surface area contributed by atoms with Crippen LogP contribution in [0.5, 0.6) is 0 Å². The van der Waals surface area contributed by atoms with Gasteiger partial charge in [0.05, 0.1) is 0 Å². The van der Waals surface area contributed by atoms with Gasteiger partial charge in [-0.15, -0.1) is 0 Å². The zero-order valence-corrected chi connectivity index (χ0v) is 19.4. The molecule has 0 amide bonds. The molecule has 0 N–H and O–H groups in total. The molecule has 1 aliphatic rings. The van der Waals surface area contributed by atoms with E-state index in [0.717, 1.165) is 19.3 Å². The first-order valence-electron chi connectivity index (χ1n) is 9.10. The predicted molar refractivity (Wildman–Crippen MR) is 116 cm³/mol. The van der Waals surface area contributed by atoms with E-state index in [1.165, 1.54) is 42.3 Å². The molecule has 134 valence electrons. The fourth-order valence-corrected chi connectivity index (χ4v) is 4.98.